The molecule has 0 radical (unpaired) electrons. The Morgan fingerprint density at radius 2 is 1.92 bits per heavy atom. The van der Waals surface area contributed by atoms with Crippen LogP contribution in [0.2, 0.25) is 5.02 Å². The van der Waals surface area contributed by atoms with Gasteiger partial charge in [-0.1, -0.05) is 23.7 Å². The molecule has 1 aliphatic rings. The predicted octanol–water partition coefficient (Wildman–Crippen LogP) is 3.01. The van der Waals surface area contributed by atoms with Crippen molar-refractivity contribution in [2.75, 3.05) is 20.3 Å². The number of benzene rings is 2. The molecule has 0 aromatic heterocycles. The molecule has 0 bridgehead atoms. The van der Waals surface area contributed by atoms with E-state index in [9.17, 15) is 12.8 Å². The van der Waals surface area contributed by atoms with Crippen LogP contribution in [0.25, 0.3) is 0 Å². The van der Waals surface area contributed by atoms with Crippen LogP contribution in [0.4, 0.5) is 4.39 Å². The standard InChI is InChI=1S/C18H19ClFNO3S/c1-24-11-18(10-21)16(12-3-2-4-14(20)9-12)17(18)25(22,23)15-7-5-13(19)6-8-15/h2-9,16-17H,10-11,21H2,1H3/t16-,17-,18-/m0/s1. The van der Waals surface area contributed by atoms with Crippen LogP contribution in [-0.4, -0.2) is 33.9 Å². The van der Waals surface area contributed by atoms with Gasteiger partial charge >= 0.3 is 0 Å². The Morgan fingerprint density at radius 1 is 1.24 bits per heavy atom. The predicted molar refractivity (Wildman–Crippen MR) is 94.9 cm³/mol. The summed E-state index contributed by atoms with van der Waals surface area (Å²) in [5.41, 5.74) is 5.79. The summed E-state index contributed by atoms with van der Waals surface area (Å²) < 4.78 is 45.3. The van der Waals surface area contributed by atoms with Gasteiger partial charge in [0.2, 0.25) is 0 Å². The van der Waals surface area contributed by atoms with Crippen molar-refractivity contribution in [3.63, 3.8) is 0 Å². The fourth-order valence-corrected chi connectivity index (χ4v) is 6.23. The van der Waals surface area contributed by atoms with Crippen molar-refractivity contribution in [2.24, 2.45) is 11.1 Å². The highest BCUT2D eigenvalue weighted by Gasteiger charge is 2.70. The van der Waals surface area contributed by atoms with Crippen LogP contribution in [0, 0.1) is 11.2 Å². The quantitative estimate of drug-likeness (QED) is 0.832. The van der Waals surface area contributed by atoms with Crippen molar-refractivity contribution in [2.45, 2.75) is 16.1 Å². The van der Waals surface area contributed by atoms with Gasteiger partial charge < -0.3 is 10.5 Å². The highest BCUT2D eigenvalue weighted by Crippen LogP contribution is 2.63. The van der Waals surface area contributed by atoms with Gasteiger partial charge in [-0.3, -0.25) is 0 Å². The van der Waals surface area contributed by atoms with E-state index in [0.717, 1.165) is 0 Å². The molecule has 0 saturated heterocycles. The number of ether oxygens (including phenoxy) is 1. The topological polar surface area (TPSA) is 69.4 Å². The first kappa shape index (κ1) is 18.3. The van der Waals surface area contributed by atoms with Crippen LogP contribution in [0.15, 0.2) is 53.4 Å². The Balaban J connectivity index is 2.07. The molecule has 134 valence electrons. The molecule has 0 spiro atoms. The van der Waals surface area contributed by atoms with Gasteiger partial charge in [0.1, 0.15) is 5.82 Å². The zero-order valence-electron chi connectivity index (χ0n) is 13.7. The minimum Gasteiger partial charge on any atom is -0.384 e. The van der Waals surface area contributed by atoms with Crippen LogP contribution in [0.5, 0.6) is 0 Å². The number of hydrogen-bond acceptors (Lipinski definition) is 4. The Bertz CT molecular complexity index is 872. The third-order valence-corrected chi connectivity index (χ3v) is 7.45. The Hall–Kier alpha value is -1.47. The number of hydrogen-bond donors (Lipinski definition) is 1. The van der Waals surface area contributed by atoms with Crippen molar-refractivity contribution < 1.29 is 17.5 Å². The van der Waals surface area contributed by atoms with Crippen molar-refractivity contribution in [3.8, 4) is 0 Å². The number of sulfone groups is 1. The second-order valence-corrected chi connectivity index (χ2v) is 8.83. The molecule has 0 aliphatic heterocycles. The zero-order chi connectivity index (χ0) is 18.2. The van der Waals surface area contributed by atoms with E-state index in [0.29, 0.717) is 10.6 Å². The first-order chi connectivity index (χ1) is 11.9. The van der Waals surface area contributed by atoms with E-state index in [1.807, 2.05) is 0 Å². The van der Waals surface area contributed by atoms with E-state index in [1.165, 1.54) is 43.5 Å². The molecule has 2 aromatic carbocycles. The summed E-state index contributed by atoms with van der Waals surface area (Å²) in [6, 6.07) is 12.0. The van der Waals surface area contributed by atoms with Gasteiger partial charge in [-0.05, 0) is 42.0 Å². The van der Waals surface area contributed by atoms with Gasteiger partial charge in [-0.2, -0.15) is 0 Å². The first-order valence-corrected chi connectivity index (χ1v) is 9.73. The summed E-state index contributed by atoms with van der Waals surface area (Å²) in [7, 11) is -2.17. The molecular formula is C18H19ClFNO3S. The van der Waals surface area contributed by atoms with Gasteiger partial charge in [0.25, 0.3) is 0 Å². The summed E-state index contributed by atoms with van der Waals surface area (Å²) in [6.07, 6.45) is 0. The smallest absolute Gasteiger partial charge is 0.182 e. The third-order valence-electron chi connectivity index (χ3n) is 4.86. The van der Waals surface area contributed by atoms with Crippen molar-refractivity contribution in [1.82, 2.24) is 0 Å². The van der Waals surface area contributed by atoms with Crippen LogP contribution in [0.1, 0.15) is 11.5 Å². The maximum atomic E-state index is 13.7. The Morgan fingerprint density at radius 3 is 2.48 bits per heavy atom. The lowest BCUT2D eigenvalue weighted by Gasteiger charge is -2.15. The lowest BCUT2D eigenvalue weighted by molar-refractivity contribution is 0.142. The summed E-state index contributed by atoms with van der Waals surface area (Å²) in [5.74, 6) is -0.829. The number of methoxy groups -OCH3 is 1. The molecule has 3 atom stereocenters. The van der Waals surface area contributed by atoms with Gasteiger partial charge in [0, 0.05) is 30.0 Å². The van der Waals surface area contributed by atoms with E-state index in [2.05, 4.69) is 0 Å². The monoisotopic (exact) mass is 383 g/mol. The average Bonchev–Trinajstić information content (AvgIpc) is 3.26. The number of rotatable bonds is 6. The minimum atomic E-state index is -3.68. The normalized spacial score (nSPS) is 25.8. The van der Waals surface area contributed by atoms with Crippen LogP contribution < -0.4 is 5.73 Å². The molecule has 0 amide bonds. The number of halogens is 2. The Labute approximate surface area is 151 Å². The fraction of sp³-hybridized carbons (Fsp3) is 0.333. The largest absolute Gasteiger partial charge is 0.384 e. The second kappa shape index (κ2) is 6.68. The van der Waals surface area contributed by atoms with Gasteiger partial charge in [-0.25, -0.2) is 12.8 Å². The first-order valence-electron chi connectivity index (χ1n) is 7.81. The van der Waals surface area contributed by atoms with Crippen molar-refractivity contribution >= 4 is 21.4 Å². The molecule has 3 rings (SSSR count). The van der Waals surface area contributed by atoms with Crippen LogP contribution >= 0.6 is 11.6 Å². The SMILES string of the molecule is COC[C@@]1(CN)[C@@H](c2cccc(F)c2)[C@@H]1S(=O)(=O)c1ccc(Cl)cc1. The lowest BCUT2D eigenvalue weighted by Crippen LogP contribution is -2.28. The molecule has 7 heteroatoms. The highest BCUT2D eigenvalue weighted by molar-refractivity contribution is 7.92. The molecule has 1 saturated carbocycles. The number of nitrogens with two attached hydrogens (primary N) is 1. The van der Waals surface area contributed by atoms with Crippen molar-refractivity contribution in [1.29, 1.82) is 0 Å². The van der Waals surface area contributed by atoms with Gasteiger partial charge in [0.15, 0.2) is 9.84 Å². The molecule has 25 heavy (non-hydrogen) atoms. The summed E-state index contributed by atoms with van der Waals surface area (Å²) >= 11 is 5.86. The van der Waals surface area contributed by atoms with Crippen molar-refractivity contribution in [3.05, 3.63) is 64.9 Å². The van der Waals surface area contributed by atoms with Gasteiger partial charge in [-0.15, -0.1) is 0 Å². The molecule has 1 aliphatic carbocycles. The lowest BCUT2D eigenvalue weighted by atomic mass is 10.00. The van der Waals surface area contributed by atoms with E-state index in [-0.39, 0.29) is 18.0 Å². The summed E-state index contributed by atoms with van der Waals surface area (Å²) in [6.45, 7) is 0.307. The molecule has 2 N–H and O–H groups in total. The van der Waals surface area contributed by atoms with E-state index >= 15 is 0 Å². The molecule has 1 fully saturated rings. The second-order valence-electron chi connectivity index (χ2n) is 6.32. The molecule has 0 heterocycles. The maximum absolute atomic E-state index is 13.7. The van der Waals surface area contributed by atoms with E-state index in [4.69, 9.17) is 22.1 Å². The fourth-order valence-electron chi connectivity index (χ4n) is 3.66. The molecular weight excluding hydrogens is 365 g/mol. The highest BCUT2D eigenvalue weighted by atomic mass is 35.5. The van der Waals surface area contributed by atoms with E-state index < -0.39 is 32.2 Å². The minimum absolute atomic E-state index is 0.125. The zero-order valence-corrected chi connectivity index (χ0v) is 15.2. The third kappa shape index (κ3) is 3.08. The van der Waals surface area contributed by atoms with E-state index in [1.54, 1.807) is 12.1 Å². The molecule has 0 unspecified atom stereocenters. The Kier molecular flexibility index (Phi) is 4.90. The average molecular weight is 384 g/mol. The molecule has 4 nitrogen and oxygen atoms in total. The summed E-state index contributed by atoms with van der Waals surface area (Å²) in [5, 5.41) is -0.314. The van der Waals surface area contributed by atoms with Gasteiger partial charge in [0.05, 0.1) is 16.8 Å². The summed E-state index contributed by atoms with van der Waals surface area (Å²) in [4.78, 5) is 0.176. The maximum Gasteiger partial charge on any atom is 0.182 e. The van der Waals surface area contributed by atoms with Crippen LogP contribution in [-0.2, 0) is 14.6 Å². The molecule has 2 aromatic rings. The van der Waals surface area contributed by atoms with Crippen LogP contribution in [0.3, 0.4) is 0 Å².